The highest BCUT2D eigenvalue weighted by Gasteiger charge is 2.22. The SMILES string of the molecule is CN=C(NCc1csc2ccccc12)NC1CCc2nc(COC)nn2C1.I. The lowest BCUT2D eigenvalue weighted by atomic mass is 10.1. The van der Waals surface area contributed by atoms with Crippen LogP contribution in [0.15, 0.2) is 34.6 Å². The molecule has 150 valence electrons. The molecule has 4 rings (SSSR count). The smallest absolute Gasteiger partial charge is 0.191 e. The Hall–Kier alpha value is -1.72. The van der Waals surface area contributed by atoms with E-state index < -0.39 is 0 Å². The van der Waals surface area contributed by atoms with Gasteiger partial charge < -0.3 is 15.4 Å². The average Bonchev–Trinajstić information content (AvgIpc) is 3.28. The largest absolute Gasteiger partial charge is 0.377 e. The van der Waals surface area contributed by atoms with Crippen LogP contribution in [0.25, 0.3) is 10.1 Å². The minimum absolute atomic E-state index is 0. The van der Waals surface area contributed by atoms with Crippen molar-refractivity contribution in [2.45, 2.75) is 38.6 Å². The summed E-state index contributed by atoms with van der Waals surface area (Å²) in [5, 5.41) is 15.0. The molecule has 0 saturated heterocycles. The van der Waals surface area contributed by atoms with Crippen LogP contribution in [0.5, 0.6) is 0 Å². The van der Waals surface area contributed by atoms with Crippen LogP contribution in [0.1, 0.15) is 23.6 Å². The Bertz CT molecular complexity index is 953. The second-order valence-corrected chi connectivity index (χ2v) is 7.53. The molecule has 1 atom stereocenters. The van der Waals surface area contributed by atoms with E-state index in [0.29, 0.717) is 6.61 Å². The number of nitrogens with zero attached hydrogens (tertiary/aromatic N) is 4. The van der Waals surface area contributed by atoms with Gasteiger partial charge in [0.15, 0.2) is 11.8 Å². The Balaban J connectivity index is 0.00000225. The molecule has 0 spiro atoms. The highest BCUT2D eigenvalue weighted by atomic mass is 127. The average molecular weight is 512 g/mol. The van der Waals surface area contributed by atoms with E-state index in [-0.39, 0.29) is 30.0 Å². The standard InChI is InChI=1S/C19H24N6OS.HI/c1-20-19(21-9-13-12-27-16-6-4-3-5-15(13)16)22-14-7-8-18-23-17(11-26-2)24-25(18)10-14;/h3-6,12,14H,7-11H2,1-2H3,(H2,20,21,22);1H. The van der Waals surface area contributed by atoms with Crippen LogP contribution in [-0.4, -0.2) is 40.9 Å². The van der Waals surface area contributed by atoms with Crippen molar-refractivity contribution in [3.63, 3.8) is 0 Å². The molecular weight excluding hydrogens is 487 g/mol. The number of fused-ring (bicyclic) bond motifs is 2. The fourth-order valence-corrected chi connectivity index (χ4v) is 4.37. The molecule has 0 saturated carbocycles. The first-order chi connectivity index (χ1) is 13.3. The third kappa shape index (κ3) is 4.64. The van der Waals surface area contributed by atoms with Crippen molar-refractivity contribution in [2.75, 3.05) is 14.2 Å². The number of benzene rings is 1. The number of aliphatic imine (C=N–C) groups is 1. The predicted molar refractivity (Wildman–Crippen MR) is 123 cm³/mol. The van der Waals surface area contributed by atoms with Gasteiger partial charge in [0.05, 0.1) is 6.54 Å². The van der Waals surface area contributed by atoms with E-state index in [1.54, 1.807) is 18.4 Å². The van der Waals surface area contributed by atoms with Crippen molar-refractivity contribution in [1.29, 1.82) is 0 Å². The van der Waals surface area contributed by atoms with Crippen LogP contribution >= 0.6 is 35.3 Å². The second kappa shape index (κ2) is 9.66. The monoisotopic (exact) mass is 512 g/mol. The zero-order valence-corrected chi connectivity index (χ0v) is 19.2. The molecule has 2 aromatic heterocycles. The summed E-state index contributed by atoms with van der Waals surface area (Å²) in [4.78, 5) is 8.91. The summed E-state index contributed by atoms with van der Waals surface area (Å²) in [6.45, 7) is 1.99. The summed E-state index contributed by atoms with van der Waals surface area (Å²) in [5.74, 6) is 2.60. The number of methoxy groups -OCH3 is 1. The molecule has 28 heavy (non-hydrogen) atoms. The molecule has 1 unspecified atom stereocenters. The zero-order valence-electron chi connectivity index (χ0n) is 16.0. The van der Waals surface area contributed by atoms with E-state index in [4.69, 9.17) is 4.74 Å². The van der Waals surface area contributed by atoms with E-state index in [1.807, 2.05) is 11.7 Å². The summed E-state index contributed by atoms with van der Waals surface area (Å²) in [7, 11) is 3.47. The Morgan fingerprint density at radius 3 is 3.07 bits per heavy atom. The van der Waals surface area contributed by atoms with Gasteiger partial charge >= 0.3 is 0 Å². The van der Waals surface area contributed by atoms with Crippen molar-refractivity contribution in [1.82, 2.24) is 25.4 Å². The van der Waals surface area contributed by atoms with Gasteiger partial charge in [0.2, 0.25) is 0 Å². The molecule has 0 aliphatic carbocycles. The Morgan fingerprint density at radius 1 is 1.39 bits per heavy atom. The predicted octanol–water partition coefficient (Wildman–Crippen LogP) is 2.94. The molecule has 0 radical (unpaired) electrons. The van der Waals surface area contributed by atoms with Crippen LogP contribution in [0.4, 0.5) is 0 Å². The van der Waals surface area contributed by atoms with Gasteiger partial charge in [-0.15, -0.1) is 35.3 Å². The number of ether oxygens (including phenoxy) is 1. The molecule has 3 aromatic rings. The molecule has 1 aliphatic rings. The van der Waals surface area contributed by atoms with Crippen molar-refractivity contribution >= 4 is 51.4 Å². The lowest BCUT2D eigenvalue weighted by Gasteiger charge is -2.25. The fourth-order valence-electron chi connectivity index (χ4n) is 3.41. The number of aromatic nitrogens is 3. The summed E-state index contributed by atoms with van der Waals surface area (Å²) in [6, 6.07) is 8.77. The molecule has 3 heterocycles. The highest BCUT2D eigenvalue weighted by Crippen LogP contribution is 2.25. The maximum Gasteiger partial charge on any atom is 0.191 e. The number of halogens is 1. The first-order valence-corrected chi connectivity index (χ1v) is 9.98. The molecule has 1 aliphatic heterocycles. The summed E-state index contributed by atoms with van der Waals surface area (Å²) in [6.07, 6.45) is 1.91. The van der Waals surface area contributed by atoms with Gasteiger partial charge in [-0.05, 0) is 28.8 Å². The molecule has 9 heteroatoms. The van der Waals surface area contributed by atoms with Crippen LogP contribution < -0.4 is 10.6 Å². The Morgan fingerprint density at radius 2 is 2.25 bits per heavy atom. The van der Waals surface area contributed by atoms with Crippen LogP contribution in [0.2, 0.25) is 0 Å². The second-order valence-electron chi connectivity index (χ2n) is 6.62. The number of guanidine groups is 1. The van der Waals surface area contributed by atoms with Crippen LogP contribution in [0, 0.1) is 0 Å². The van der Waals surface area contributed by atoms with E-state index in [9.17, 15) is 0 Å². The lowest BCUT2D eigenvalue weighted by Crippen LogP contribution is -2.46. The van der Waals surface area contributed by atoms with E-state index in [2.05, 4.69) is 55.4 Å². The third-order valence-electron chi connectivity index (χ3n) is 4.75. The van der Waals surface area contributed by atoms with Crippen LogP contribution in [0.3, 0.4) is 0 Å². The van der Waals surface area contributed by atoms with E-state index >= 15 is 0 Å². The Kier molecular flexibility index (Phi) is 7.24. The van der Waals surface area contributed by atoms with Crippen molar-refractivity contribution < 1.29 is 4.74 Å². The fraction of sp³-hybridized carbons (Fsp3) is 0.421. The number of hydrogen-bond donors (Lipinski definition) is 2. The lowest BCUT2D eigenvalue weighted by molar-refractivity contribution is 0.177. The van der Waals surface area contributed by atoms with Gasteiger partial charge in [-0.3, -0.25) is 4.99 Å². The zero-order chi connectivity index (χ0) is 18.6. The molecule has 0 amide bonds. The molecule has 0 bridgehead atoms. The number of rotatable bonds is 5. The number of aryl methyl sites for hydroxylation is 1. The van der Waals surface area contributed by atoms with Crippen LogP contribution in [-0.2, 0) is 30.9 Å². The summed E-state index contributed by atoms with van der Waals surface area (Å²) >= 11 is 1.78. The van der Waals surface area contributed by atoms with Crippen molar-refractivity contribution in [2.24, 2.45) is 4.99 Å². The normalized spacial score (nSPS) is 16.5. The topological polar surface area (TPSA) is 76.4 Å². The molecule has 1 aromatic carbocycles. The summed E-state index contributed by atoms with van der Waals surface area (Å²) in [5.41, 5.74) is 1.30. The number of thiophene rings is 1. The van der Waals surface area contributed by atoms with Gasteiger partial charge in [-0.2, -0.15) is 5.10 Å². The van der Waals surface area contributed by atoms with Gasteiger partial charge in [-0.1, -0.05) is 18.2 Å². The van der Waals surface area contributed by atoms with Gasteiger partial charge in [0.25, 0.3) is 0 Å². The van der Waals surface area contributed by atoms with E-state index in [0.717, 1.165) is 43.5 Å². The minimum atomic E-state index is 0. The van der Waals surface area contributed by atoms with Gasteiger partial charge in [0, 0.05) is 37.9 Å². The molecule has 0 fully saturated rings. The summed E-state index contributed by atoms with van der Waals surface area (Å²) < 4.78 is 8.43. The molecular formula is C19H25IN6OS. The van der Waals surface area contributed by atoms with Gasteiger partial charge in [-0.25, -0.2) is 9.67 Å². The molecule has 7 nitrogen and oxygen atoms in total. The quantitative estimate of drug-likeness (QED) is 0.313. The number of nitrogens with one attached hydrogen (secondary N) is 2. The molecule has 2 N–H and O–H groups in total. The van der Waals surface area contributed by atoms with E-state index in [1.165, 1.54) is 15.6 Å². The maximum absolute atomic E-state index is 5.13. The third-order valence-corrected chi connectivity index (χ3v) is 5.76. The highest BCUT2D eigenvalue weighted by molar-refractivity contribution is 14.0. The Labute approximate surface area is 185 Å². The first-order valence-electron chi connectivity index (χ1n) is 9.10. The first kappa shape index (κ1) is 21.0. The van der Waals surface area contributed by atoms with Gasteiger partial charge in [0.1, 0.15) is 12.4 Å². The maximum atomic E-state index is 5.13. The number of hydrogen-bond acceptors (Lipinski definition) is 5. The van der Waals surface area contributed by atoms with Crippen molar-refractivity contribution in [3.05, 3.63) is 46.9 Å². The minimum Gasteiger partial charge on any atom is -0.377 e. The van der Waals surface area contributed by atoms with Crippen molar-refractivity contribution in [3.8, 4) is 0 Å².